The number of pyridine rings is 1. The number of methoxy groups -OCH3 is 1. The summed E-state index contributed by atoms with van der Waals surface area (Å²) in [5.74, 6) is 0.234. The van der Waals surface area contributed by atoms with Gasteiger partial charge in [-0.2, -0.15) is 0 Å². The minimum atomic E-state index is -0.343. The monoisotopic (exact) mass is 488 g/mol. The lowest BCUT2D eigenvalue weighted by molar-refractivity contribution is -0.140. The van der Waals surface area contributed by atoms with E-state index in [0.29, 0.717) is 12.2 Å². The Balaban J connectivity index is 1.37. The number of ether oxygens (including phenoxy) is 2. The number of unbranched alkanes of at least 4 members (excludes halogenated alkanes) is 1. The van der Waals surface area contributed by atoms with Crippen LogP contribution >= 0.6 is 0 Å². The third-order valence-electron chi connectivity index (χ3n) is 5.97. The number of nitrogens with one attached hydrogen (secondary N) is 1. The van der Waals surface area contributed by atoms with E-state index in [1.165, 1.54) is 18.2 Å². The highest BCUT2D eigenvalue weighted by Crippen LogP contribution is 2.26. The Hall–Kier alpha value is -3.67. The molecule has 1 aromatic heterocycles. The lowest BCUT2D eigenvalue weighted by Gasteiger charge is -2.19. The molecule has 0 saturated heterocycles. The average Bonchev–Trinajstić information content (AvgIpc) is 2.88. The normalized spacial score (nSPS) is 11.1. The number of carbonyl (C=O) groups is 2. The van der Waals surface area contributed by atoms with Crippen molar-refractivity contribution in [3.63, 3.8) is 0 Å². The van der Waals surface area contributed by atoms with Crippen molar-refractivity contribution in [3.8, 4) is 17.0 Å². The second kappa shape index (κ2) is 12.9. The zero-order valence-corrected chi connectivity index (χ0v) is 21.7. The fourth-order valence-corrected chi connectivity index (χ4v) is 3.70. The van der Waals surface area contributed by atoms with E-state index in [1.807, 2.05) is 36.4 Å². The molecule has 0 aliphatic heterocycles. The summed E-state index contributed by atoms with van der Waals surface area (Å²) in [5, 5.41) is 2.72. The molecule has 3 rings (SSSR count). The highest BCUT2D eigenvalue weighted by molar-refractivity contribution is 5.94. The first-order chi connectivity index (χ1) is 17.3. The summed E-state index contributed by atoms with van der Waals surface area (Å²) in [6, 6.07) is 20.1. The van der Waals surface area contributed by atoms with Gasteiger partial charge in [0.25, 0.3) is 5.91 Å². The van der Waals surface area contributed by atoms with Gasteiger partial charge in [0.1, 0.15) is 5.75 Å². The maximum atomic E-state index is 12.1. The SMILES string of the molecule is COC(=O)CCNC(=O)c1ccc(CCCCOc2ccc(-c3ccc(C(C)(C)C)cc3)nc2)cc1. The van der Waals surface area contributed by atoms with E-state index < -0.39 is 0 Å². The lowest BCUT2D eigenvalue weighted by Crippen LogP contribution is -2.26. The number of carbonyl (C=O) groups excluding carboxylic acids is 2. The van der Waals surface area contributed by atoms with Gasteiger partial charge in [-0.1, -0.05) is 57.2 Å². The Kier molecular flexibility index (Phi) is 9.62. The first-order valence-electron chi connectivity index (χ1n) is 12.4. The van der Waals surface area contributed by atoms with E-state index in [9.17, 15) is 9.59 Å². The Morgan fingerprint density at radius 3 is 2.25 bits per heavy atom. The highest BCUT2D eigenvalue weighted by atomic mass is 16.5. The van der Waals surface area contributed by atoms with E-state index in [2.05, 4.69) is 60.1 Å². The van der Waals surface area contributed by atoms with Gasteiger partial charge in [-0.3, -0.25) is 14.6 Å². The van der Waals surface area contributed by atoms with Crippen molar-refractivity contribution in [2.75, 3.05) is 20.3 Å². The van der Waals surface area contributed by atoms with Crippen LogP contribution < -0.4 is 10.1 Å². The van der Waals surface area contributed by atoms with Crippen molar-refractivity contribution >= 4 is 11.9 Å². The number of aryl methyl sites for hydroxylation is 1. The molecule has 0 spiro atoms. The van der Waals surface area contributed by atoms with Gasteiger partial charge in [0, 0.05) is 17.7 Å². The van der Waals surface area contributed by atoms with Crippen LogP contribution in [0.2, 0.25) is 0 Å². The molecule has 190 valence electrons. The van der Waals surface area contributed by atoms with Gasteiger partial charge in [0.15, 0.2) is 0 Å². The zero-order valence-electron chi connectivity index (χ0n) is 21.7. The summed E-state index contributed by atoms with van der Waals surface area (Å²) in [6.45, 7) is 7.52. The molecule has 2 aromatic carbocycles. The van der Waals surface area contributed by atoms with Crippen LogP contribution in [0.15, 0.2) is 66.9 Å². The van der Waals surface area contributed by atoms with E-state index in [4.69, 9.17) is 4.74 Å². The minimum Gasteiger partial charge on any atom is -0.492 e. The van der Waals surface area contributed by atoms with E-state index in [-0.39, 0.29) is 30.3 Å². The van der Waals surface area contributed by atoms with E-state index in [1.54, 1.807) is 6.20 Å². The maximum absolute atomic E-state index is 12.1. The van der Waals surface area contributed by atoms with Gasteiger partial charge in [0.05, 0.1) is 32.0 Å². The molecule has 1 heterocycles. The fraction of sp³-hybridized carbons (Fsp3) is 0.367. The molecule has 0 saturated carbocycles. The van der Waals surface area contributed by atoms with Gasteiger partial charge in [0.2, 0.25) is 0 Å². The quantitative estimate of drug-likeness (QED) is 0.275. The smallest absolute Gasteiger partial charge is 0.307 e. The molecular formula is C30H36N2O4. The van der Waals surface area contributed by atoms with Crippen molar-refractivity contribution in [2.45, 2.75) is 51.9 Å². The third kappa shape index (κ3) is 8.22. The number of hydrogen-bond acceptors (Lipinski definition) is 5. The molecule has 0 aliphatic carbocycles. The number of rotatable bonds is 11. The first kappa shape index (κ1) is 26.9. The second-order valence-electron chi connectivity index (χ2n) is 9.79. The molecule has 36 heavy (non-hydrogen) atoms. The maximum Gasteiger partial charge on any atom is 0.307 e. The van der Waals surface area contributed by atoms with Crippen LogP contribution in [0.3, 0.4) is 0 Å². The van der Waals surface area contributed by atoms with Crippen molar-refractivity contribution in [2.24, 2.45) is 0 Å². The topological polar surface area (TPSA) is 77.5 Å². The molecule has 1 N–H and O–H groups in total. The first-order valence-corrected chi connectivity index (χ1v) is 12.4. The second-order valence-corrected chi connectivity index (χ2v) is 9.79. The molecule has 6 nitrogen and oxygen atoms in total. The molecule has 0 fully saturated rings. The summed E-state index contributed by atoms with van der Waals surface area (Å²) in [6.07, 6.45) is 4.76. The number of benzene rings is 2. The highest BCUT2D eigenvalue weighted by Gasteiger charge is 2.13. The van der Waals surface area contributed by atoms with Crippen LogP contribution in [0, 0.1) is 0 Å². The molecule has 0 unspecified atom stereocenters. The minimum absolute atomic E-state index is 0.136. The fourth-order valence-electron chi connectivity index (χ4n) is 3.70. The summed E-state index contributed by atoms with van der Waals surface area (Å²) >= 11 is 0. The number of amides is 1. The molecular weight excluding hydrogens is 452 g/mol. The van der Waals surface area contributed by atoms with Gasteiger partial charge in [-0.25, -0.2) is 0 Å². The molecule has 3 aromatic rings. The predicted octanol–water partition coefficient (Wildman–Crippen LogP) is 5.74. The number of aromatic nitrogens is 1. The van der Waals surface area contributed by atoms with Crippen LogP contribution in [0.25, 0.3) is 11.3 Å². The van der Waals surface area contributed by atoms with Crippen LogP contribution in [-0.4, -0.2) is 37.1 Å². The summed E-state index contributed by atoms with van der Waals surface area (Å²) in [5.41, 5.74) is 5.22. The van der Waals surface area contributed by atoms with Crippen molar-refractivity contribution < 1.29 is 19.1 Å². The van der Waals surface area contributed by atoms with E-state index >= 15 is 0 Å². The number of hydrogen-bond donors (Lipinski definition) is 1. The van der Waals surface area contributed by atoms with Crippen LogP contribution in [-0.2, 0) is 21.4 Å². The Labute approximate surface area is 214 Å². The van der Waals surface area contributed by atoms with Gasteiger partial charge in [-0.05, 0) is 60.1 Å². The number of esters is 1. The third-order valence-corrected chi connectivity index (χ3v) is 5.97. The molecule has 0 radical (unpaired) electrons. The van der Waals surface area contributed by atoms with Gasteiger partial charge in [-0.15, -0.1) is 0 Å². The molecule has 1 amide bonds. The standard InChI is InChI=1S/C30H36N2O4/c1-30(2,3)25-14-12-23(13-15-25)27-17-16-26(21-32-27)36-20-6-5-7-22-8-10-24(11-9-22)29(34)31-19-18-28(33)35-4/h8-17,21H,5-7,18-20H2,1-4H3,(H,31,34). The summed E-state index contributed by atoms with van der Waals surface area (Å²) in [7, 11) is 1.33. The number of nitrogens with zero attached hydrogens (tertiary/aromatic N) is 1. The van der Waals surface area contributed by atoms with Crippen molar-refractivity contribution in [3.05, 3.63) is 83.6 Å². The summed E-state index contributed by atoms with van der Waals surface area (Å²) < 4.78 is 10.4. The van der Waals surface area contributed by atoms with Crippen molar-refractivity contribution in [1.29, 1.82) is 0 Å². The zero-order chi connectivity index (χ0) is 26.0. The van der Waals surface area contributed by atoms with Crippen LogP contribution in [0.5, 0.6) is 5.75 Å². The lowest BCUT2D eigenvalue weighted by atomic mass is 9.86. The van der Waals surface area contributed by atoms with Crippen LogP contribution in [0.1, 0.15) is 61.5 Å². The van der Waals surface area contributed by atoms with E-state index in [0.717, 1.165) is 36.3 Å². The largest absolute Gasteiger partial charge is 0.492 e. The van der Waals surface area contributed by atoms with Gasteiger partial charge < -0.3 is 14.8 Å². The van der Waals surface area contributed by atoms with Crippen LogP contribution in [0.4, 0.5) is 0 Å². The molecule has 0 bridgehead atoms. The van der Waals surface area contributed by atoms with Crippen molar-refractivity contribution in [1.82, 2.24) is 10.3 Å². The molecule has 6 heteroatoms. The Morgan fingerprint density at radius 1 is 0.917 bits per heavy atom. The molecule has 0 aliphatic rings. The Bertz CT molecular complexity index is 1120. The predicted molar refractivity (Wildman–Crippen MR) is 142 cm³/mol. The average molecular weight is 489 g/mol. The molecule has 0 atom stereocenters. The summed E-state index contributed by atoms with van der Waals surface area (Å²) in [4.78, 5) is 27.8. The van der Waals surface area contributed by atoms with Gasteiger partial charge >= 0.3 is 5.97 Å². The Morgan fingerprint density at radius 2 is 1.64 bits per heavy atom.